The van der Waals surface area contributed by atoms with E-state index >= 15 is 0 Å². The molecule has 0 spiro atoms. The van der Waals surface area contributed by atoms with E-state index in [0.29, 0.717) is 26.4 Å². The van der Waals surface area contributed by atoms with E-state index < -0.39 is 0 Å². The monoisotopic (exact) mass is 410 g/mol. The van der Waals surface area contributed by atoms with Crippen molar-refractivity contribution >= 4 is 0 Å². The minimum Gasteiger partial charge on any atom is -0.494 e. The fraction of sp³-hybridized carbons (Fsp3) is 0.462. The van der Waals surface area contributed by atoms with Crippen LogP contribution in [0.4, 0.5) is 0 Å². The molecular formula is C26H34O4. The number of ether oxygens (including phenoxy) is 4. The molecular weight excluding hydrogens is 376 g/mol. The molecule has 4 bridgehead atoms. The largest absolute Gasteiger partial charge is 0.494 e. The maximum atomic E-state index is 5.90. The fourth-order valence-corrected chi connectivity index (χ4v) is 3.37. The van der Waals surface area contributed by atoms with Crippen LogP contribution in [0.15, 0.2) is 60.7 Å². The third-order valence-corrected chi connectivity index (χ3v) is 5.01. The molecule has 1 heterocycles. The highest BCUT2D eigenvalue weighted by atomic mass is 16.5. The van der Waals surface area contributed by atoms with Crippen LogP contribution in [0.5, 0.6) is 11.5 Å². The molecule has 3 rings (SSSR count). The minimum absolute atomic E-state index is 0.567. The summed E-state index contributed by atoms with van der Waals surface area (Å²) in [7, 11) is 0. The van der Waals surface area contributed by atoms with Gasteiger partial charge in [-0.3, -0.25) is 0 Å². The molecule has 4 nitrogen and oxygen atoms in total. The molecule has 0 aliphatic carbocycles. The van der Waals surface area contributed by atoms with Gasteiger partial charge in [-0.25, -0.2) is 0 Å². The Hall–Kier alpha value is -2.30. The second-order valence-electron chi connectivity index (χ2n) is 7.61. The number of hydrogen-bond acceptors (Lipinski definition) is 4. The molecule has 0 unspecified atom stereocenters. The van der Waals surface area contributed by atoms with Crippen LogP contribution in [0.1, 0.15) is 49.7 Å². The van der Waals surface area contributed by atoms with E-state index in [9.17, 15) is 0 Å². The van der Waals surface area contributed by atoms with Gasteiger partial charge < -0.3 is 18.9 Å². The smallest absolute Gasteiger partial charge is 0.119 e. The lowest BCUT2D eigenvalue weighted by atomic mass is 10.1. The molecule has 2 aromatic rings. The minimum atomic E-state index is 0.567. The average Bonchev–Trinajstić information content (AvgIpc) is 2.77. The van der Waals surface area contributed by atoms with Gasteiger partial charge in [0.2, 0.25) is 0 Å². The van der Waals surface area contributed by atoms with Gasteiger partial charge in [-0.05, 0) is 48.2 Å². The number of rotatable bonds is 0. The molecule has 0 radical (unpaired) electrons. The van der Waals surface area contributed by atoms with Crippen LogP contribution in [0, 0.1) is 0 Å². The SMILES string of the molecule is C1=C\COCc2cccc(c2)OCCCCCCCCOc2cccc(c2)COC/1. The Morgan fingerprint density at radius 3 is 1.50 bits per heavy atom. The fourth-order valence-electron chi connectivity index (χ4n) is 3.37. The molecule has 0 aromatic heterocycles. The molecule has 1 aliphatic rings. The summed E-state index contributed by atoms with van der Waals surface area (Å²) < 4.78 is 23.3. The number of benzene rings is 2. The van der Waals surface area contributed by atoms with Crippen LogP contribution in [0.2, 0.25) is 0 Å². The van der Waals surface area contributed by atoms with Crippen molar-refractivity contribution in [3.05, 3.63) is 71.8 Å². The average molecular weight is 411 g/mol. The van der Waals surface area contributed by atoms with Gasteiger partial charge in [0, 0.05) is 0 Å². The van der Waals surface area contributed by atoms with Gasteiger partial charge in [-0.15, -0.1) is 0 Å². The van der Waals surface area contributed by atoms with Crippen LogP contribution >= 0.6 is 0 Å². The maximum absolute atomic E-state index is 5.90. The van der Waals surface area contributed by atoms with Crippen molar-refractivity contribution in [2.24, 2.45) is 0 Å². The zero-order chi connectivity index (χ0) is 20.7. The van der Waals surface area contributed by atoms with E-state index in [4.69, 9.17) is 18.9 Å². The molecule has 4 heteroatoms. The Kier molecular flexibility index (Phi) is 10.3. The molecule has 0 N–H and O–H groups in total. The van der Waals surface area contributed by atoms with Crippen molar-refractivity contribution in [2.75, 3.05) is 26.4 Å². The number of hydrogen-bond donors (Lipinski definition) is 0. The van der Waals surface area contributed by atoms with Gasteiger partial charge >= 0.3 is 0 Å². The first-order valence-electron chi connectivity index (χ1n) is 11.1. The van der Waals surface area contributed by atoms with Gasteiger partial charge in [0.1, 0.15) is 11.5 Å². The summed E-state index contributed by atoms with van der Waals surface area (Å²) in [6.45, 7) is 3.83. The standard InChI is InChI=1S/C26H34O4/c1-2-4-6-18-30-26-14-10-12-24(20-26)22-28-16-8-7-15-27-21-23-11-9-13-25(19-23)29-17-5-3-1/h7-14,19-20H,1-6,15-18,21-22H2/b8-7-. The zero-order valence-electron chi connectivity index (χ0n) is 17.9. The van der Waals surface area contributed by atoms with Gasteiger partial charge in [-0.1, -0.05) is 62.1 Å². The van der Waals surface area contributed by atoms with Crippen LogP contribution in [-0.2, 0) is 22.7 Å². The topological polar surface area (TPSA) is 36.9 Å². The summed E-state index contributed by atoms with van der Waals surface area (Å²) in [5.41, 5.74) is 2.27. The summed E-state index contributed by atoms with van der Waals surface area (Å²) in [5, 5.41) is 0. The second kappa shape index (κ2) is 13.8. The quantitative estimate of drug-likeness (QED) is 0.493. The van der Waals surface area contributed by atoms with Crippen LogP contribution in [0.25, 0.3) is 0 Å². The molecule has 0 amide bonds. The molecule has 0 atom stereocenters. The molecule has 0 saturated carbocycles. The third-order valence-electron chi connectivity index (χ3n) is 5.01. The molecule has 2 aromatic carbocycles. The molecule has 30 heavy (non-hydrogen) atoms. The van der Waals surface area contributed by atoms with Crippen LogP contribution in [0.3, 0.4) is 0 Å². The molecule has 0 fully saturated rings. The van der Waals surface area contributed by atoms with Crippen molar-refractivity contribution in [2.45, 2.75) is 51.7 Å². The summed E-state index contributed by atoms with van der Waals surface area (Å²) in [4.78, 5) is 0. The predicted molar refractivity (Wildman–Crippen MR) is 120 cm³/mol. The lowest BCUT2D eigenvalue weighted by Crippen LogP contribution is -2.00. The van der Waals surface area contributed by atoms with Crippen molar-refractivity contribution in [3.63, 3.8) is 0 Å². The lowest BCUT2D eigenvalue weighted by Gasteiger charge is -2.09. The Bertz CT molecular complexity index is 693. The van der Waals surface area contributed by atoms with Gasteiger partial charge in [0.15, 0.2) is 0 Å². The van der Waals surface area contributed by atoms with Crippen molar-refractivity contribution in [3.8, 4) is 11.5 Å². The van der Waals surface area contributed by atoms with E-state index in [1.807, 2.05) is 36.4 Å². The summed E-state index contributed by atoms with van der Waals surface area (Å²) in [6.07, 6.45) is 11.1. The number of fused-ring (bicyclic) bond motifs is 4. The maximum Gasteiger partial charge on any atom is 0.119 e. The van der Waals surface area contributed by atoms with E-state index in [1.165, 1.54) is 25.7 Å². The van der Waals surface area contributed by atoms with E-state index in [1.54, 1.807) is 0 Å². The highest BCUT2D eigenvalue weighted by Crippen LogP contribution is 2.17. The van der Waals surface area contributed by atoms with Gasteiger partial charge in [0.05, 0.1) is 39.6 Å². The first kappa shape index (κ1) is 22.4. The summed E-state index contributed by atoms with van der Waals surface area (Å²) in [5.74, 6) is 1.85. The summed E-state index contributed by atoms with van der Waals surface area (Å²) in [6, 6.07) is 16.4. The van der Waals surface area contributed by atoms with E-state index in [2.05, 4.69) is 24.3 Å². The van der Waals surface area contributed by atoms with E-state index in [-0.39, 0.29) is 0 Å². The Morgan fingerprint density at radius 2 is 1.00 bits per heavy atom. The van der Waals surface area contributed by atoms with Gasteiger partial charge in [-0.2, -0.15) is 0 Å². The molecule has 162 valence electrons. The highest BCUT2D eigenvalue weighted by Gasteiger charge is 2.00. The predicted octanol–water partition coefficient (Wildman–Crippen LogP) is 6.09. The van der Waals surface area contributed by atoms with Crippen molar-refractivity contribution in [1.29, 1.82) is 0 Å². The first-order chi connectivity index (χ1) is 14.9. The molecule has 1 aliphatic heterocycles. The zero-order valence-corrected chi connectivity index (χ0v) is 17.9. The lowest BCUT2D eigenvalue weighted by molar-refractivity contribution is 0.140. The summed E-state index contributed by atoms with van der Waals surface area (Å²) >= 11 is 0. The Balaban J connectivity index is 1.49. The Labute approximate surface area is 180 Å². The third kappa shape index (κ3) is 9.02. The first-order valence-corrected chi connectivity index (χ1v) is 11.1. The van der Waals surface area contributed by atoms with Crippen molar-refractivity contribution < 1.29 is 18.9 Å². The molecule has 0 saturated heterocycles. The normalized spacial score (nSPS) is 18.9. The van der Waals surface area contributed by atoms with E-state index in [0.717, 1.165) is 48.7 Å². The van der Waals surface area contributed by atoms with Crippen molar-refractivity contribution in [1.82, 2.24) is 0 Å². The van der Waals surface area contributed by atoms with Crippen LogP contribution in [-0.4, -0.2) is 26.4 Å². The Morgan fingerprint density at radius 1 is 0.533 bits per heavy atom. The highest BCUT2D eigenvalue weighted by molar-refractivity contribution is 5.28. The van der Waals surface area contributed by atoms with Crippen LogP contribution < -0.4 is 9.47 Å². The van der Waals surface area contributed by atoms with Gasteiger partial charge in [0.25, 0.3) is 0 Å². The second-order valence-corrected chi connectivity index (χ2v) is 7.61.